The first-order chi connectivity index (χ1) is 10.8. The molecule has 0 aliphatic heterocycles. The molecule has 5 nitrogen and oxygen atoms in total. The molecule has 122 valence electrons. The van der Waals surface area contributed by atoms with Crippen molar-refractivity contribution in [1.29, 1.82) is 0 Å². The van der Waals surface area contributed by atoms with Gasteiger partial charge in [0, 0.05) is 12.0 Å². The number of aryl methyl sites for hydroxylation is 1. The van der Waals surface area contributed by atoms with Gasteiger partial charge in [-0.25, -0.2) is 0 Å². The van der Waals surface area contributed by atoms with Crippen molar-refractivity contribution in [1.82, 2.24) is 5.16 Å². The van der Waals surface area contributed by atoms with Gasteiger partial charge in [-0.1, -0.05) is 23.4 Å². The summed E-state index contributed by atoms with van der Waals surface area (Å²) in [5.74, 6) is -0.441. The molecule has 0 bridgehead atoms. The van der Waals surface area contributed by atoms with Crippen LogP contribution in [0.5, 0.6) is 5.75 Å². The number of hydrogen-bond acceptors (Lipinski definition) is 4. The van der Waals surface area contributed by atoms with E-state index in [1.54, 1.807) is 25.1 Å². The van der Waals surface area contributed by atoms with E-state index in [9.17, 15) is 18.0 Å². The van der Waals surface area contributed by atoms with Crippen LogP contribution in [0.15, 0.2) is 34.9 Å². The Kier molecular flexibility index (Phi) is 3.75. The van der Waals surface area contributed by atoms with Gasteiger partial charge in [0.05, 0.1) is 0 Å². The van der Waals surface area contributed by atoms with Crippen LogP contribution in [0.1, 0.15) is 23.7 Å². The summed E-state index contributed by atoms with van der Waals surface area (Å²) in [5, 5.41) is 6.23. The smallest absolute Gasteiger partial charge is 0.405 e. The molecule has 1 aromatic carbocycles. The summed E-state index contributed by atoms with van der Waals surface area (Å²) in [6, 6.07) is 7.43. The number of alkyl halides is 3. The average Bonchev–Trinajstić information content (AvgIpc) is 3.15. The molecular weight excluding hydrogens is 313 g/mol. The number of carbonyl (C=O) groups excluding carboxylic acids is 1. The van der Waals surface area contributed by atoms with Gasteiger partial charge in [-0.3, -0.25) is 4.79 Å². The third-order valence-corrected chi connectivity index (χ3v) is 3.55. The topological polar surface area (TPSA) is 64.4 Å². The number of ether oxygens (including phenoxy) is 1. The molecule has 1 amide bonds. The van der Waals surface area contributed by atoms with Gasteiger partial charge in [0.2, 0.25) is 5.91 Å². The van der Waals surface area contributed by atoms with E-state index in [4.69, 9.17) is 4.52 Å². The minimum absolute atomic E-state index is 0.266. The van der Waals surface area contributed by atoms with Gasteiger partial charge in [-0.05, 0) is 30.9 Å². The first-order valence-electron chi connectivity index (χ1n) is 6.92. The average molecular weight is 326 g/mol. The third-order valence-electron chi connectivity index (χ3n) is 3.55. The van der Waals surface area contributed by atoms with Gasteiger partial charge >= 0.3 is 6.36 Å². The number of aromatic nitrogens is 1. The normalized spacial score (nSPS) is 20.2. The van der Waals surface area contributed by atoms with Crippen LogP contribution in [-0.2, 0) is 4.79 Å². The Labute approximate surface area is 129 Å². The zero-order chi connectivity index (χ0) is 16.6. The molecule has 8 heteroatoms. The molecule has 0 saturated heterocycles. The lowest BCUT2D eigenvalue weighted by Gasteiger charge is -2.12. The summed E-state index contributed by atoms with van der Waals surface area (Å²) in [7, 11) is 0. The number of carbonyl (C=O) groups is 1. The second kappa shape index (κ2) is 5.60. The molecule has 2 atom stereocenters. The fourth-order valence-electron chi connectivity index (χ4n) is 2.48. The zero-order valence-corrected chi connectivity index (χ0v) is 12.1. The first kappa shape index (κ1) is 15.4. The zero-order valence-electron chi connectivity index (χ0n) is 12.1. The lowest BCUT2D eigenvalue weighted by molar-refractivity contribution is -0.274. The molecule has 0 radical (unpaired) electrons. The minimum Gasteiger partial charge on any atom is -0.405 e. The minimum atomic E-state index is -4.76. The van der Waals surface area contributed by atoms with Gasteiger partial charge in [-0.15, -0.1) is 13.2 Å². The summed E-state index contributed by atoms with van der Waals surface area (Å²) < 4.78 is 46.2. The molecule has 1 heterocycles. The molecule has 3 rings (SSSR count). The fourth-order valence-corrected chi connectivity index (χ4v) is 2.48. The highest BCUT2D eigenvalue weighted by molar-refractivity contribution is 5.94. The van der Waals surface area contributed by atoms with Crippen LogP contribution in [0.3, 0.4) is 0 Å². The van der Waals surface area contributed by atoms with Gasteiger partial charge in [0.25, 0.3) is 0 Å². The summed E-state index contributed by atoms with van der Waals surface area (Å²) in [5.41, 5.74) is 0.376. The van der Waals surface area contributed by atoms with Crippen LogP contribution in [0.4, 0.5) is 19.0 Å². The predicted octanol–water partition coefficient (Wildman–Crippen LogP) is 3.62. The van der Waals surface area contributed by atoms with E-state index in [2.05, 4.69) is 15.2 Å². The van der Waals surface area contributed by atoms with Crippen LogP contribution in [0.2, 0.25) is 0 Å². The highest BCUT2D eigenvalue weighted by atomic mass is 19.4. The number of nitrogens with zero attached hydrogens (tertiary/aromatic N) is 1. The maximum Gasteiger partial charge on any atom is 0.573 e. The van der Waals surface area contributed by atoms with Crippen molar-refractivity contribution in [3.05, 3.63) is 41.7 Å². The molecule has 1 N–H and O–H groups in total. The molecule has 23 heavy (non-hydrogen) atoms. The van der Waals surface area contributed by atoms with Gasteiger partial charge < -0.3 is 14.6 Å². The maximum absolute atomic E-state index is 12.4. The first-order valence-corrected chi connectivity index (χ1v) is 6.92. The molecule has 0 spiro atoms. The summed E-state index contributed by atoms with van der Waals surface area (Å²) >= 11 is 0. The van der Waals surface area contributed by atoms with Crippen LogP contribution < -0.4 is 10.1 Å². The van der Waals surface area contributed by atoms with Gasteiger partial charge in [0.1, 0.15) is 11.5 Å². The second-order valence-electron chi connectivity index (χ2n) is 5.35. The van der Waals surface area contributed by atoms with Crippen LogP contribution in [0, 0.1) is 12.8 Å². The highest BCUT2D eigenvalue weighted by Gasteiger charge is 2.46. The maximum atomic E-state index is 12.4. The van der Waals surface area contributed by atoms with E-state index in [0.29, 0.717) is 17.7 Å². The number of anilines is 1. The van der Waals surface area contributed by atoms with Crippen molar-refractivity contribution in [3.63, 3.8) is 0 Å². The second-order valence-corrected chi connectivity index (χ2v) is 5.35. The van der Waals surface area contributed by atoms with Crippen molar-refractivity contribution in [2.45, 2.75) is 25.6 Å². The number of halogens is 3. The number of para-hydroxylation sites is 1. The van der Waals surface area contributed by atoms with Crippen molar-refractivity contribution < 1.29 is 27.2 Å². The Morgan fingerprint density at radius 1 is 1.39 bits per heavy atom. The predicted molar refractivity (Wildman–Crippen MR) is 73.8 cm³/mol. The van der Waals surface area contributed by atoms with Crippen LogP contribution in [-0.4, -0.2) is 17.4 Å². The van der Waals surface area contributed by atoms with Gasteiger partial charge in [0.15, 0.2) is 5.82 Å². The number of rotatable bonds is 4. The number of benzene rings is 1. The van der Waals surface area contributed by atoms with E-state index in [-0.39, 0.29) is 23.4 Å². The molecule has 0 unspecified atom stereocenters. The van der Waals surface area contributed by atoms with Crippen molar-refractivity contribution in [3.8, 4) is 5.75 Å². The Bertz CT molecular complexity index is 727. The van der Waals surface area contributed by atoms with Crippen molar-refractivity contribution in [2.24, 2.45) is 5.92 Å². The van der Waals surface area contributed by atoms with Crippen molar-refractivity contribution in [2.75, 3.05) is 5.32 Å². The lowest BCUT2D eigenvalue weighted by atomic mass is 10.1. The van der Waals surface area contributed by atoms with E-state index >= 15 is 0 Å². The van der Waals surface area contributed by atoms with E-state index in [0.717, 1.165) is 0 Å². The molecule has 1 fully saturated rings. The monoisotopic (exact) mass is 326 g/mol. The lowest BCUT2D eigenvalue weighted by Crippen LogP contribution is -2.18. The Morgan fingerprint density at radius 3 is 2.78 bits per heavy atom. The molecule has 1 aliphatic carbocycles. The molecular formula is C15H13F3N2O3. The number of amides is 1. The number of hydrogen-bond donors (Lipinski definition) is 1. The summed E-state index contributed by atoms with van der Waals surface area (Å²) in [4.78, 5) is 12.1. The van der Waals surface area contributed by atoms with Crippen molar-refractivity contribution >= 4 is 11.7 Å². The fraction of sp³-hybridized carbons (Fsp3) is 0.333. The SMILES string of the molecule is Cc1cc(NC(=O)[C@H]2C[C@@H]2c2ccccc2OC(F)(F)F)no1. The summed E-state index contributed by atoms with van der Waals surface area (Å²) in [6.07, 6.45) is -4.30. The highest BCUT2D eigenvalue weighted by Crippen LogP contribution is 2.51. The summed E-state index contributed by atoms with van der Waals surface area (Å²) in [6.45, 7) is 1.69. The van der Waals surface area contributed by atoms with E-state index in [1.165, 1.54) is 12.1 Å². The van der Waals surface area contributed by atoms with Crippen LogP contribution in [0.25, 0.3) is 0 Å². The molecule has 1 aromatic heterocycles. The quantitative estimate of drug-likeness (QED) is 0.932. The van der Waals surface area contributed by atoms with E-state index < -0.39 is 12.3 Å². The Hall–Kier alpha value is -2.51. The van der Waals surface area contributed by atoms with E-state index in [1.807, 2.05) is 0 Å². The standard InChI is InChI=1S/C15H13F3N2O3/c1-8-6-13(20-23-8)19-14(21)11-7-10(11)9-4-2-3-5-12(9)22-15(16,17)18/h2-6,10-11H,7H2,1H3,(H,19,20,21)/t10-,11+/m1/s1. The molecule has 1 aliphatic rings. The molecule has 1 saturated carbocycles. The Morgan fingerprint density at radius 2 is 2.13 bits per heavy atom. The van der Waals surface area contributed by atoms with Gasteiger partial charge in [-0.2, -0.15) is 0 Å². The Balaban J connectivity index is 1.69. The third kappa shape index (κ3) is 3.64. The van der Waals surface area contributed by atoms with Crippen LogP contribution >= 0.6 is 0 Å². The largest absolute Gasteiger partial charge is 0.573 e. The number of nitrogens with one attached hydrogen (secondary N) is 1. The molecule has 2 aromatic rings.